The summed E-state index contributed by atoms with van der Waals surface area (Å²) < 4.78 is 5.80. The number of benzene rings is 3. The summed E-state index contributed by atoms with van der Waals surface area (Å²) in [6.45, 7) is 4.53. The standard InChI is InChI=1S/C24H24N2O3/c1-17(2)19-12-14-20(15-13-19)23(27)25-26-24(28)21-10-6-7-11-22(21)29-16-18-8-4-3-5-9-18/h3-15,17H,16H2,1-2H3,(H,25,27)(H,26,28). The first-order valence-corrected chi connectivity index (χ1v) is 9.51. The Morgan fingerprint density at radius 3 is 2.10 bits per heavy atom. The average molecular weight is 388 g/mol. The Bertz CT molecular complexity index is 967. The zero-order valence-electron chi connectivity index (χ0n) is 16.5. The van der Waals surface area contributed by atoms with Crippen molar-refractivity contribution >= 4 is 11.8 Å². The molecule has 2 amide bonds. The Kier molecular flexibility index (Phi) is 6.63. The van der Waals surface area contributed by atoms with Crippen molar-refractivity contribution in [2.75, 3.05) is 0 Å². The van der Waals surface area contributed by atoms with Crippen LogP contribution in [0, 0.1) is 0 Å². The summed E-state index contributed by atoms with van der Waals surface area (Å²) in [7, 11) is 0. The number of carbonyl (C=O) groups is 2. The highest BCUT2D eigenvalue weighted by Crippen LogP contribution is 2.19. The van der Waals surface area contributed by atoms with Gasteiger partial charge in [-0.1, -0.05) is 68.4 Å². The van der Waals surface area contributed by atoms with Gasteiger partial charge in [0.2, 0.25) is 0 Å². The molecule has 3 aromatic rings. The van der Waals surface area contributed by atoms with E-state index in [9.17, 15) is 9.59 Å². The molecule has 3 aromatic carbocycles. The number of ether oxygens (including phenoxy) is 1. The lowest BCUT2D eigenvalue weighted by Crippen LogP contribution is -2.41. The minimum atomic E-state index is -0.444. The van der Waals surface area contributed by atoms with E-state index >= 15 is 0 Å². The summed E-state index contributed by atoms with van der Waals surface area (Å²) in [5, 5.41) is 0. The van der Waals surface area contributed by atoms with Crippen LogP contribution in [0.25, 0.3) is 0 Å². The van der Waals surface area contributed by atoms with Gasteiger partial charge in [-0.3, -0.25) is 20.4 Å². The van der Waals surface area contributed by atoms with Crippen LogP contribution in [0.2, 0.25) is 0 Å². The Morgan fingerprint density at radius 2 is 1.41 bits per heavy atom. The van der Waals surface area contributed by atoms with E-state index in [4.69, 9.17) is 4.74 Å². The first-order chi connectivity index (χ1) is 14.0. The van der Waals surface area contributed by atoms with E-state index in [1.54, 1.807) is 36.4 Å². The van der Waals surface area contributed by atoms with Gasteiger partial charge in [0.05, 0.1) is 5.56 Å². The van der Waals surface area contributed by atoms with Crippen LogP contribution in [0.15, 0.2) is 78.9 Å². The molecule has 0 aliphatic heterocycles. The number of amides is 2. The smallest absolute Gasteiger partial charge is 0.273 e. The summed E-state index contributed by atoms with van der Waals surface area (Å²) in [4.78, 5) is 24.9. The predicted octanol–water partition coefficient (Wildman–Crippen LogP) is 4.46. The first kappa shape index (κ1) is 20.1. The Balaban J connectivity index is 1.61. The molecule has 29 heavy (non-hydrogen) atoms. The van der Waals surface area contributed by atoms with Crippen molar-refractivity contribution in [2.24, 2.45) is 0 Å². The van der Waals surface area contributed by atoms with E-state index in [0.29, 0.717) is 29.4 Å². The fourth-order valence-electron chi connectivity index (χ4n) is 2.79. The summed E-state index contributed by atoms with van der Waals surface area (Å²) in [5.41, 5.74) is 7.88. The van der Waals surface area contributed by atoms with Gasteiger partial charge in [-0.25, -0.2) is 0 Å². The Labute approximate surface area is 170 Å². The van der Waals surface area contributed by atoms with Crippen LogP contribution in [0.5, 0.6) is 5.75 Å². The van der Waals surface area contributed by atoms with Gasteiger partial charge in [-0.05, 0) is 41.3 Å². The van der Waals surface area contributed by atoms with E-state index in [1.807, 2.05) is 42.5 Å². The van der Waals surface area contributed by atoms with Crippen molar-refractivity contribution in [3.8, 4) is 5.75 Å². The van der Waals surface area contributed by atoms with Gasteiger partial charge < -0.3 is 4.74 Å². The van der Waals surface area contributed by atoms with E-state index in [1.165, 1.54) is 0 Å². The maximum Gasteiger partial charge on any atom is 0.273 e. The fourth-order valence-corrected chi connectivity index (χ4v) is 2.79. The molecule has 3 rings (SSSR count). The minimum absolute atomic E-state index is 0.346. The Hall–Kier alpha value is -3.60. The molecule has 148 valence electrons. The number of hydrogen-bond acceptors (Lipinski definition) is 3. The van der Waals surface area contributed by atoms with Crippen molar-refractivity contribution in [1.29, 1.82) is 0 Å². The molecule has 0 fully saturated rings. The molecule has 0 radical (unpaired) electrons. The summed E-state index contributed by atoms with van der Waals surface area (Å²) in [6, 6.07) is 23.9. The van der Waals surface area contributed by atoms with Gasteiger partial charge in [-0.2, -0.15) is 0 Å². The molecule has 2 N–H and O–H groups in total. The zero-order chi connectivity index (χ0) is 20.6. The van der Waals surface area contributed by atoms with Crippen molar-refractivity contribution in [3.05, 3.63) is 101 Å². The number of hydrazine groups is 1. The number of rotatable bonds is 6. The molecule has 0 aromatic heterocycles. The number of carbonyl (C=O) groups excluding carboxylic acids is 2. The molecule has 0 spiro atoms. The number of para-hydroxylation sites is 1. The third-order valence-electron chi connectivity index (χ3n) is 4.50. The summed E-state index contributed by atoms with van der Waals surface area (Å²) in [5.74, 6) is 0.0146. The highest BCUT2D eigenvalue weighted by atomic mass is 16.5. The maximum absolute atomic E-state index is 12.6. The first-order valence-electron chi connectivity index (χ1n) is 9.51. The molecule has 0 aliphatic rings. The lowest BCUT2D eigenvalue weighted by atomic mass is 10.0. The van der Waals surface area contributed by atoms with E-state index in [0.717, 1.165) is 11.1 Å². The topological polar surface area (TPSA) is 67.4 Å². The molecule has 0 heterocycles. The van der Waals surface area contributed by atoms with Crippen LogP contribution < -0.4 is 15.6 Å². The highest BCUT2D eigenvalue weighted by molar-refractivity contribution is 6.00. The lowest BCUT2D eigenvalue weighted by Gasteiger charge is -2.13. The van der Waals surface area contributed by atoms with Gasteiger partial charge >= 0.3 is 0 Å². The second kappa shape index (κ2) is 9.55. The number of nitrogens with one attached hydrogen (secondary N) is 2. The summed E-state index contributed by atoms with van der Waals surface area (Å²) >= 11 is 0. The SMILES string of the molecule is CC(C)c1ccc(C(=O)NNC(=O)c2ccccc2OCc2ccccc2)cc1. The molecular weight excluding hydrogens is 364 g/mol. The predicted molar refractivity (Wildman–Crippen MR) is 113 cm³/mol. The highest BCUT2D eigenvalue weighted by Gasteiger charge is 2.14. The van der Waals surface area contributed by atoms with Crippen LogP contribution in [-0.4, -0.2) is 11.8 Å². The molecule has 0 atom stereocenters. The third kappa shape index (κ3) is 5.45. The van der Waals surface area contributed by atoms with Crippen molar-refractivity contribution < 1.29 is 14.3 Å². The average Bonchev–Trinajstić information content (AvgIpc) is 2.76. The van der Waals surface area contributed by atoms with Crippen LogP contribution in [0.3, 0.4) is 0 Å². The fraction of sp³-hybridized carbons (Fsp3) is 0.167. The monoisotopic (exact) mass is 388 g/mol. The van der Waals surface area contributed by atoms with E-state index in [-0.39, 0.29) is 5.91 Å². The Morgan fingerprint density at radius 1 is 0.793 bits per heavy atom. The van der Waals surface area contributed by atoms with Gasteiger partial charge in [-0.15, -0.1) is 0 Å². The third-order valence-corrected chi connectivity index (χ3v) is 4.50. The van der Waals surface area contributed by atoms with Crippen molar-refractivity contribution in [3.63, 3.8) is 0 Å². The van der Waals surface area contributed by atoms with E-state index in [2.05, 4.69) is 24.7 Å². The lowest BCUT2D eigenvalue weighted by molar-refractivity contribution is 0.0844. The van der Waals surface area contributed by atoms with Gasteiger partial charge in [0.15, 0.2) is 0 Å². The largest absolute Gasteiger partial charge is 0.488 e. The molecule has 0 saturated carbocycles. The molecule has 0 saturated heterocycles. The second-order valence-corrected chi connectivity index (χ2v) is 6.96. The zero-order valence-corrected chi connectivity index (χ0v) is 16.5. The molecule has 5 heteroatoms. The minimum Gasteiger partial charge on any atom is -0.488 e. The number of hydrogen-bond donors (Lipinski definition) is 2. The molecule has 5 nitrogen and oxygen atoms in total. The van der Waals surface area contributed by atoms with Crippen molar-refractivity contribution in [1.82, 2.24) is 10.9 Å². The van der Waals surface area contributed by atoms with Gasteiger partial charge in [0.25, 0.3) is 11.8 Å². The maximum atomic E-state index is 12.6. The van der Waals surface area contributed by atoms with Crippen molar-refractivity contribution in [2.45, 2.75) is 26.4 Å². The van der Waals surface area contributed by atoms with Gasteiger partial charge in [0, 0.05) is 5.56 Å². The normalized spacial score (nSPS) is 10.4. The van der Waals surface area contributed by atoms with Crippen LogP contribution in [0.4, 0.5) is 0 Å². The quantitative estimate of drug-likeness (QED) is 0.613. The molecular formula is C24H24N2O3. The molecule has 0 aliphatic carbocycles. The van der Waals surface area contributed by atoms with E-state index < -0.39 is 5.91 Å². The second-order valence-electron chi connectivity index (χ2n) is 6.96. The van der Waals surface area contributed by atoms with Gasteiger partial charge in [0.1, 0.15) is 12.4 Å². The van der Waals surface area contributed by atoms with Crippen LogP contribution in [0.1, 0.15) is 51.6 Å². The molecule has 0 unspecified atom stereocenters. The molecule has 0 bridgehead atoms. The van der Waals surface area contributed by atoms with Crippen LogP contribution in [-0.2, 0) is 6.61 Å². The summed E-state index contributed by atoms with van der Waals surface area (Å²) in [6.07, 6.45) is 0. The van der Waals surface area contributed by atoms with Crippen LogP contribution >= 0.6 is 0 Å².